The van der Waals surface area contributed by atoms with Gasteiger partial charge in [0, 0.05) is 43.6 Å². The third-order valence-corrected chi connectivity index (χ3v) is 8.24. The molecule has 284 valence electrons. The lowest BCUT2D eigenvalue weighted by Gasteiger charge is -2.27. The molecule has 1 aromatic rings. The number of rotatable bonds is 21. The average molecular weight is 722 g/mol. The summed E-state index contributed by atoms with van der Waals surface area (Å²) in [5, 5.41) is 16.1. The number of Topliss-reactive ketones (excluding diaryl/α,β-unsaturated/α-hetero) is 2. The normalized spacial score (nSPS) is 15.1. The lowest BCUT2D eigenvalue weighted by molar-refractivity contribution is -0.164. The highest BCUT2D eigenvalue weighted by atomic mass is 16.6. The van der Waals surface area contributed by atoms with Crippen molar-refractivity contribution >= 4 is 41.3 Å². The molecule has 16 nitrogen and oxygen atoms in total. The SMILES string of the molecule is CC(=O)CC(C)(CCC(C)C(=O)NC(C)C)C(=O)OCCOC(=O)CC(O)(CC(=O)NCCCOC(=O)c1cc2n(c(=O)c1)CCCO2)C(C)=O. The van der Waals surface area contributed by atoms with E-state index in [-0.39, 0.29) is 73.8 Å². The first kappa shape index (κ1) is 42.6. The van der Waals surface area contributed by atoms with Crippen LogP contribution in [0.5, 0.6) is 5.88 Å². The molecule has 0 spiro atoms. The first-order valence-corrected chi connectivity index (χ1v) is 17.0. The quantitative estimate of drug-likeness (QED) is 0.0929. The summed E-state index contributed by atoms with van der Waals surface area (Å²) < 4.78 is 22.3. The lowest BCUT2D eigenvalue weighted by atomic mass is 9.79. The number of nitrogens with one attached hydrogen (secondary N) is 2. The molecule has 1 aliphatic heterocycles. The zero-order chi connectivity index (χ0) is 38.4. The summed E-state index contributed by atoms with van der Waals surface area (Å²) in [7, 11) is 0. The fraction of sp³-hybridized carbons (Fsp3) is 0.657. The Hall–Kier alpha value is -4.60. The van der Waals surface area contributed by atoms with Crippen LogP contribution in [-0.4, -0.2) is 95.6 Å². The van der Waals surface area contributed by atoms with Crippen LogP contribution in [0.15, 0.2) is 16.9 Å². The number of carbonyl (C=O) groups excluding carboxylic acids is 7. The fourth-order valence-electron chi connectivity index (χ4n) is 5.28. The van der Waals surface area contributed by atoms with Crippen LogP contribution in [0.4, 0.5) is 0 Å². The van der Waals surface area contributed by atoms with E-state index in [1.807, 2.05) is 13.8 Å². The molecule has 1 aromatic heterocycles. The van der Waals surface area contributed by atoms with Crippen molar-refractivity contribution in [3.63, 3.8) is 0 Å². The number of esters is 3. The maximum absolute atomic E-state index is 12.9. The predicted octanol–water partition coefficient (Wildman–Crippen LogP) is 1.41. The Kier molecular flexibility index (Phi) is 16.4. The van der Waals surface area contributed by atoms with Crippen LogP contribution < -0.4 is 20.9 Å². The van der Waals surface area contributed by atoms with Crippen molar-refractivity contribution in [3.05, 3.63) is 28.0 Å². The Labute approximate surface area is 296 Å². The minimum atomic E-state index is -2.37. The Morgan fingerprint density at radius 3 is 2.29 bits per heavy atom. The summed E-state index contributed by atoms with van der Waals surface area (Å²) in [6, 6.07) is 2.54. The number of pyridine rings is 1. The summed E-state index contributed by atoms with van der Waals surface area (Å²) in [5.41, 5.74) is -3.93. The molecule has 1 aliphatic rings. The van der Waals surface area contributed by atoms with Crippen molar-refractivity contribution in [2.75, 3.05) is 33.0 Å². The van der Waals surface area contributed by atoms with Crippen LogP contribution in [-0.2, 0) is 49.5 Å². The first-order valence-electron chi connectivity index (χ1n) is 17.0. The van der Waals surface area contributed by atoms with Crippen molar-refractivity contribution in [2.24, 2.45) is 11.3 Å². The largest absolute Gasteiger partial charge is 0.479 e. The minimum Gasteiger partial charge on any atom is -0.479 e. The van der Waals surface area contributed by atoms with Crippen LogP contribution in [0.2, 0.25) is 0 Å². The second-order valence-electron chi connectivity index (χ2n) is 13.5. The van der Waals surface area contributed by atoms with Gasteiger partial charge in [-0.15, -0.1) is 0 Å². The van der Waals surface area contributed by atoms with Gasteiger partial charge in [-0.1, -0.05) is 6.92 Å². The maximum Gasteiger partial charge on any atom is 0.338 e. The highest BCUT2D eigenvalue weighted by Crippen LogP contribution is 2.32. The van der Waals surface area contributed by atoms with Crippen molar-refractivity contribution < 1.29 is 57.6 Å². The first-order chi connectivity index (χ1) is 23.9. The molecule has 16 heteroatoms. The number of hydrogen-bond donors (Lipinski definition) is 3. The monoisotopic (exact) mass is 721 g/mol. The summed E-state index contributed by atoms with van der Waals surface area (Å²) in [5.74, 6) is -4.60. The van der Waals surface area contributed by atoms with E-state index in [0.29, 0.717) is 26.0 Å². The van der Waals surface area contributed by atoms with Crippen molar-refractivity contribution in [3.8, 4) is 5.88 Å². The molecule has 0 radical (unpaired) electrons. The molecule has 2 rings (SSSR count). The van der Waals surface area contributed by atoms with Gasteiger partial charge in [0.25, 0.3) is 5.56 Å². The van der Waals surface area contributed by atoms with Crippen molar-refractivity contribution in [1.82, 2.24) is 15.2 Å². The predicted molar refractivity (Wildman–Crippen MR) is 181 cm³/mol. The van der Waals surface area contributed by atoms with E-state index in [1.165, 1.54) is 17.6 Å². The zero-order valence-corrected chi connectivity index (χ0v) is 30.3. The van der Waals surface area contributed by atoms with Gasteiger partial charge in [-0.2, -0.15) is 0 Å². The number of carbonyl (C=O) groups is 7. The average Bonchev–Trinajstić information content (AvgIpc) is 3.04. The number of ether oxygens (including phenoxy) is 4. The summed E-state index contributed by atoms with van der Waals surface area (Å²) in [4.78, 5) is 98.9. The molecular weight excluding hydrogens is 670 g/mol. The van der Waals surface area contributed by atoms with Crippen LogP contribution in [0.3, 0.4) is 0 Å². The van der Waals surface area contributed by atoms with E-state index >= 15 is 0 Å². The second kappa shape index (κ2) is 19.7. The maximum atomic E-state index is 12.9. The van der Waals surface area contributed by atoms with Gasteiger partial charge in [0.2, 0.25) is 11.8 Å². The summed E-state index contributed by atoms with van der Waals surface area (Å²) in [6.07, 6.45) is -0.321. The third kappa shape index (κ3) is 13.9. The Bertz CT molecular complexity index is 1500. The van der Waals surface area contributed by atoms with Gasteiger partial charge in [-0.3, -0.25) is 38.1 Å². The van der Waals surface area contributed by atoms with Gasteiger partial charge in [0.05, 0.1) is 37.0 Å². The molecule has 0 aromatic carbocycles. The number of fused-ring (bicyclic) bond motifs is 1. The number of hydrogen-bond acceptors (Lipinski definition) is 13. The van der Waals surface area contributed by atoms with E-state index in [1.54, 1.807) is 13.8 Å². The molecule has 0 aliphatic carbocycles. The second-order valence-corrected chi connectivity index (χ2v) is 13.5. The molecule has 3 N–H and O–H groups in total. The van der Waals surface area contributed by atoms with Gasteiger partial charge in [-0.05, 0) is 60.3 Å². The highest BCUT2D eigenvalue weighted by Gasteiger charge is 2.39. The Balaban J connectivity index is 1.77. The molecule has 51 heavy (non-hydrogen) atoms. The Morgan fingerprint density at radius 1 is 0.961 bits per heavy atom. The number of nitrogens with zero attached hydrogens (tertiary/aromatic N) is 1. The highest BCUT2D eigenvalue weighted by molar-refractivity contribution is 5.94. The Morgan fingerprint density at radius 2 is 1.65 bits per heavy atom. The lowest BCUT2D eigenvalue weighted by Crippen LogP contribution is -2.44. The van der Waals surface area contributed by atoms with Gasteiger partial charge < -0.3 is 34.7 Å². The van der Waals surface area contributed by atoms with E-state index in [2.05, 4.69) is 10.6 Å². The molecular formula is C35H51N3O13. The van der Waals surface area contributed by atoms with Crippen LogP contribution >= 0.6 is 0 Å². The third-order valence-electron chi connectivity index (χ3n) is 8.24. The van der Waals surface area contributed by atoms with E-state index < -0.39 is 66.0 Å². The van der Waals surface area contributed by atoms with E-state index in [9.17, 15) is 43.5 Å². The molecule has 3 atom stereocenters. The summed E-state index contributed by atoms with van der Waals surface area (Å²) >= 11 is 0. The van der Waals surface area contributed by atoms with Crippen molar-refractivity contribution in [1.29, 1.82) is 0 Å². The number of aromatic nitrogens is 1. The fourth-order valence-corrected chi connectivity index (χ4v) is 5.28. The molecule has 2 heterocycles. The molecule has 0 saturated carbocycles. The zero-order valence-electron chi connectivity index (χ0n) is 30.3. The molecule has 0 fully saturated rings. The minimum absolute atomic E-state index is 0.0124. The molecule has 0 saturated heterocycles. The summed E-state index contributed by atoms with van der Waals surface area (Å²) in [6.45, 7) is 9.36. The van der Waals surface area contributed by atoms with E-state index in [4.69, 9.17) is 18.9 Å². The number of ketones is 2. The number of amides is 2. The van der Waals surface area contributed by atoms with Crippen LogP contribution in [0, 0.1) is 11.3 Å². The molecule has 2 amide bonds. The topological polar surface area (TPSA) is 223 Å². The van der Waals surface area contributed by atoms with Gasteiger partial charge in [0.15, 0.2) is 11.7 Å². The van der Waals surface area contributed by atoms with Crippen LogP contribution in [0.25, 0.3) is 0 Å². The van der Waals surface area contributed by atoms with Gasteiger partial charge >= 0.3 is 17.9 Å². The van der Waals surface area contributed by atoms with Crippen LogP contribution in [0.1, 0.15) is 96.8 Å². The van der Waals surface area contributed by atoms with Crippen molar-refractivity contribution in [2.45, 2.75) is 105 Å². The smallest absolute Gasteiger partial charge is 0.338 e. The molecule has 3 unspecified atom stereocenters. The van der Waals surface area contributed by atoms with Gasteiger partial charge in [-0.25, -0.2) is 4.79 Å². The van der Waals surface area contributed by atoms with E-state index in [0.717, 1.165) is 13.0 Å². The standard InChI is InChI=1S/C35H51N3O13/c1-22(2)37-31(44)23(3)9-10-34(6,19-24(4)39)33(46)51-16-15-49-30(43)21-35(47,25(5)40)20-27(41)36-11-7-13-50-32(45)26-17-28(42)38-12-8-14-48-29(38)18-26/h17-18,22-23,47H,7-16,19-21H2,1-6H3,(H,36,41)(H,37,44). The van der Waals surface area contributed by atoms with Gasteiger partial charge in [0.1, 0.15) is 24.6 Å². The molecule has 0 bridgehead atoms. The number of aliphatic hydroxyl groups is 1.